The Morgan fingerprint density at radius 3 is 3.12 bits per heavy atom. The maximum atomic E-state index is 11.7. The smallest absolute Gasteiger partial charge is 0.237 e. The van der Waals surface area contributed by atoms with Gasteiger partial charge in [-0.1, -0.05) is 13.0 Å². The van der Waals surface area contributed by atoms with Gasteiger partial charge in [0.15, 0.2) is 0 Å². The Morgan fingerprint density at radius 1 is 1.62 bits per heavy atom. The molecule has 1 heterocycles. The molecule has 1 fully saturated rings. The lowest BCUT2D eigenvalue weighted by Gasteiger charge is -2.22. The van der Waals surface area contributed by atoms with Gasteiger partial charge in [-0.15, -0.1) is 6.58 Å². The highest BCUT2D eigenvalue weighted by Gasteiger charge is 2.22. The molecule has 0 aromatic heterocycles. The summed E-state index contributed by atoms with van der Waals surface area (Å²) >= 11 is 0. The van der Waals surface area contributed by atoms with Gasteiger partial charge in [0.2, 0.25) is 5.91 Å². The number of carbonyl (C=O) groups is 1. The zero-order chi connectivity index (χ0) is 11.8. The molecule has 16 heavy (non-hydrogen) atoms. The SMILES string of the molecule is C=CCCC(CC)NC1CCCCNC1=O. The van der Waals surface area contributed by atoms with Crippen molar-refractivity contribution in [2.24, 2.45) is 0 Å². The lowest BCUT2D eigenvalue weighted by atomic mass is 10.0. The van der Waals surface area contributed by atoms with E-state index in [1.165, 1.54) is 0 Å². The molecule has 2 atom stereocenters. The van der Waals surface area contributed by atoms with Crippen LogP contribution in [0.3, 0.4) is 0 Å². The number of rotatable bonds is 6. The fraction of sp³-hybridized carbons (Fsp3) is 0.769. The Bertz CT molecular complexity index is 228. The van der Waals surface area contributed by atoms with Gasteiger partial charge in [-0.3, -0.25) is 4.79 Å². The van der Waals surface area contributed by atoms with Gasteiger partial charge in [0.1, 0.15) is 0 Å². The Balaban J connectivity index is 2.41. The average molecular weight is 224 g/mol. The van der Waals surface area contributed by atoms with Gasteiger partial charge < -0.3 is 10.6 Å². The molecule has 1 aliphatic rings. The van der Waals surface area contributed by atoms with Crippen molar-refractivity contribution in [2.45, 2.75) is 57.5 Å². The van der Waals surface area contributed by atoms with Gasteiger partial charge >= 0.3 is 0 Å². The summed E-state index contributed by atoms with van der Waals surface area (Å²) in [7, 11) is 0. The topological polar surface area (TPSA) is 41.1 Å². The first kappa shape index (κ1) is 13.2. The van der Waals surface area contributed by atoms with Crippen molar-refractivity contribution < 1.29 is 4.79 Å². The fourth-order valence-corrected chi connectivity index (χ4v) is 2.11. The number of carbonyl (C=O) groups excluding carboxylic acids is 1. The van der Waals surface area contributed by atoms with Crippen molar-refractivity contribution >= 4 is 5.91 Å². The van der Waals surface area contributed by atoms with Crippen LogP contribution in [0.2, 0.25) is 0 Å². The molecule has 1 rings (SSSR count). The molecule has 2 N–H and O–H groups in total. The quantitative estimate of drug-likeness (QED) is 0.677. The van der Waals surface area contributed by atoms with Crippen LogP contribution in [0.25, 0.3) is 0 Å². The second-order valence-electron chi connectivity index (χ2n) is 4.48. The molecule has 92 valence electrons. The van der Waals surface area contributed by atoms with Crippen LogP contribution in [0.15, 0.2) is 12.7 Å². The van der Waals surface area contributed by atoms with Gasteiger partial charge in [-0.2, -0.15) is 0 Å². The largest absolute Gasteiger partial charge is 0.355 e. The number of nitrogens with one attached hydrogen (secondary N) is 2. The van der Waals surface area contributed by atoms with Gasteiger partial charge in [0.25, 0.3) is 0 Å². The molecule has 0 aromatic rings. The van der Waals surface area contributed by atoms with Crippen LogP contribution in [0.4, 0.5) is 0 Å². The third-order valence-corrected chi connectivity index (χ3v) is 3.18. The highest BCUT2D eigenvalue weighted by Crippen LogP contribution is 2.09. The summed E-state index contributed by atoms with van der Waals surface area (Å²) in [4.78, 5) is 11.7. The number of allylic oxidation sites excluding steroid dienone is 1. The lowest BCUT2D eigenvalue weighted by molar-refractivity contribution is -0.123. The van der Waals surface area contributed by atoms with Crippen molar-refractivity contribution in [1.82, 2.24) is 10.6 Å². The predicted molar refractivity (Wildman–Crippen MR) is 67.3 cm³/mol. The van der Waals surface area contributed by atoms with Crippen molar-refractivity contribution in [3.05, 3.63) is 12.7 Å². The van der Waals surface area contributed by atoms with E-state index in [2.05, 4.69) is 24.1 Å². The highest BCUT2D eigenvalue weighted by atomic mass is 16.2. The summed E-state index contributed by atoms with van der Waals surface area (Å²) < 4.78 is 0. The first-order valence-corrected chi connectivity index (χ1v) is 6.42. The Kier molecular flexibility index (Phi) is 6.16. The first-order valence-electron chi connectivity index (χ1n) is 6.42. The molecule has 0 spiro atoms. The summed E-state index contributed by atoms with van der Waals surface area (Å²) in [6.07, 6.45) is 8.30. The second kappa shape index (κ2) is 7.44. The van der Waals surface area contributed by atoms with E-state index < -0.39 is 0 Å². The van der Waals surface area contributed by atoms with Crippen LogP contribution in [0, 0.1) is 0 Å². The number of hydrogen-bond acceptors (Lipinski definition) is 2. The van der Waals surface area contributed by atoms with Gasteiger partial charge in [0.05, 0.1) is 6.04 Å². The Labute approximate surface area is 98.7 Å². The fourth-order valence-electron chi connectivity index (χ4n) is 2.11. The molecule has 3 heteroatoms. The molecule has 0 bridgehead atoms. The highest BCUT2D eigenvalue weighted by molar-refractivity contribution is 5.81. The predicted octanol–water partition coefficient (Wildman–Crippen LogP) is 1.99. The summed E-state index contributed by atoms with van der Waals surface area (Å²) in [6, 6.07) is 0.448. The minimum Gasteiger partial charge on any atom is -0.355 e. The molecule has 0 aromatic carbocycles. The molecular weight excluding hydrogens is 200 g/mol. The van der Waals surface area contributed by atoms with E-state index in [9.17, 15) is 4.79 Å². The van der Waals surface area contributed by atoms with Crippen LogP contribution < -0.4 is 10.6 Å². The van der Waals surface area contributed by atoms with E-state index in [0.29, 0.717) is 6.04 Å². The van der Waals surface area contributed by atoms with Gasteiger partial charge in [-0.25, -0.2) is 0 Å². The van der Waals surface area contributed by atoms with E-state index in [-0.39, 0.29) is 11.9 Å². The monoisotopic (exact) mass is 224 g/mol. The number of hydrogen-bond donors (Lipinski definition) is 2. The minimum atomic E-state index is 0.0114. The summed E-state index contributed by atoms with van der Waals surface area (Å²) in [6.45, 7) is 6.73. The normalized spacial score (nSPS) is 23.3. The Hall–Kier alpha value is -0.830. The standard InChI is InChI=1S/C13H24N2O/c1-3-5-8-11(4-2)15-12-9-6-7-10-14-13(12)16/h3,11-12,15H,1,4-10H2,2H3,(H,14,16). The lowest BCUT2D eigenvalue weighted by Crippen LogP contribution is -2.47. The first-order chi connectivity index (χ1) is 7.77. The molecule has 2 unspecified atom stereocenters. The van der Waals surface area contributed by atoms with Crippen LogP contribution in [0.1, 0.15) is 45.4 Å². The van der Waals surface area contributed by atoms with E-state index in [1.807, 2.05) is 6.08 Å². The van der Waals surface area contributed by atoms with Crippen molar-refractivity contribution in [1.29, 1.82) is 0 Å². The van der Waals surface area contributed by atoms with Crippen molar-refractivity contribution in [3.63, 3.8) is 0 Å². The van der Waals surface area contributed by atoms with E-state index in [4.69, 9.17) is 0 Å². The number of amides is 1. The van der Waals surface area contributed by atoms with Crippen LogP contribution in [-0.4, -0.2) is 24.5 Å². The molecule has 3 nitrogen and oxygen atoms in total. The molecule has 0 aliphatic carbocycles. The van der Waals surface area contributed by atoms with E-state index >= 15 is 0 Å². The summed E-state index contributed by atoms with van der Waals surface area (Å²) in [5, 5.41) is 6.43. The second-order valence-corrected chi connectivity index (χ2v) is 4.48. The van der Waals surface area contributed by atoms with Crippen molar-refractivity contribution in [2.75, 3.05) is 6.54 Å². The minimum absolute atomic E-state index is 0.0114. The maximum Gasteiger partial charge on any atom is 0.237 e. The molecule has 0 radical (unpaired) electrons. The third kappa shape index (κ3) is 4.35. The summed E-state index contributed by atoms with van der Waals surface area (Å²) in [5.41, 5.74) is 0. The van der Waals surface area contributed by atoms with Gasteiger partial charge in [0, 0.05) is 12.6 Å². The average Bonchev–Trinajstić information content (AvgIpc) is 2.50. The van der Waals surface area contributed by atoms with Crippen LogP contribution in [0.5, 0.6) is 0 Å². The van der Waals surface area contributed by atoms with Crippen LogP contribution >= 0.6 is 0 Å². The van der Waals surface area contributed by atoms with E-state index in [1.54, 1.807) is 0 Å². The van der Waals surface area contributed by atoms with Crippen LogP contribution in [-0.2, 0) is 4.79 Å². The maximum absolute atomic E-state index is 11.7. The molecular formula is C13H24N2O. The summed E-state index contributed by atoms with van der Waals surface area (Å²) in [5.74, 6) is 0.176. The molecule has 1 saturated heterocycles. The molecule has 1 aliphatic heterocycles. The third-order valence-electron chi connectivity index (χ3n) is 3.18. The zero-order valence-electron chi connectivity index (χ0n) is 10.3. The van der Waals surface area contributed by atoms with Gasteiger partial charge in [-0.05, 0) is 38.5 Å². The molecule has 0 saturated carbocycles. The Morgan fingerprint density at radius 2 is 2.44 bits per heavy atom. The zero-order valence-corrected chi connectivity index (χ0v) is 10.3. The van der Waals surface area contributed by atoms with Crippen molar-refractivity contribution in [3.8, 4) is 0 Å². The van der Waals surface area contributed by atoms with E-state index in [0.717, 1.165) is 45.1 Å². The molecule has 1 amide bonds.